The molecule has 5 heterocycles. The van der Waals surface area contributed by atoms with E-state index >= 15 is 0 Å². The van der Waals surface area contributed by atoms with Gasteiger partial charge in [0.1, 0.15) is 0 Å². The Morgan fingerprint density at radius 2 is 0.660 bits per heavy atom. The fourth-order valence-electron chi connectivity index (χ4n) is 6.76. The highest BCUT2D eigenvalue weighted by Crippen LogP contribution is 2.46. The molecule has 5 rings (SSSR count). The molecule has 0 aromatic carbocycles. The molecule has 50 heavy (non-hydrogen) atoms. The quantitative estimate of drug-likeness (QED) is 0.0574. The number of rotatable bonds is 24. The standard InChI is InChI=1S/C45H61NS4/c1-5-9-13-17-21-34-25-29-40(47-34)38-33-39(41-30-26-35(48-41)22-18-14-10-6-2)45(43-32-28-37(50-43)24-20-16-12-8-4)46-44(38)42-31-27-36(49-42)23-19-15-11-7-3/h25-33H,5-24H2,1-4H3. The smallest absolute Gasteiger partial charge is 0.0896 e. The van der Waals surface area contributed by atoms with Crippen LogP contribution in [0.2, 0.25) is 0 Å². The van der Waals surface area contributed by atoms with Gasteiger partial charge in [0, 0.05) is 40.4 Å². The molecule has 0 amide bonds. The van der Waals surface area contributed by atoms with Crippen molar-refractivity contribution in [3.63, 3.8) is 0 Å². The molecular formula is C45H61NS4. The highest BCUT2D eigenvalue weighted by Gasteiger charge is 2.22. The van der Waals surface area contributed by atoms with Crippen LogP contribution < -0.4 is 0 Å². The van der Waals surface area contributed by atoms with E-state index in [0.717, 1.165) is 0 Å². The second kappa shape index (κ2) is 21.5. The maximum absolute atomic E-state index is 5.74. The van der Waals surface area contributed by atoms with Crippen molar-refractivity contribution in [2.45, 2.75) is 156 Å². The SMILES string of the molecule is CCCCCCc1ccc(-c2cc(-c3ccc(CCCCCC)s3)c(-c3ccc(CCCCCC)s3)nc2-c2ccc(CCCCCC)s2)s1. The predicted molar refractivity (Wildman–Crippen MR) is 229 cm³/mol. The van der Waals surface area contributed by atoms with Gasteiger partial charge in [-0.15, -0.1) is 45.3 Å². The summed E-state index contributed by atoms with van der Waals surface area (Å²) in [5.74, 6) is 0. The molecule has 5 aromatic heterocycles. The van der Waals surface area contributed by atoms with Crippen LogP contribution in [0.1, 0.15) is 150 Å². The lowest BCUT2D eigenvalue weighted by Gasteiger charge is -2.13. The van der Waals surface area contributed by atoms with E-state index in [1.165, 1.54) is 190 Å². The van der Waals surface area contributed by atoms with Gasteiger partial charge in [-0.3, -0.25) is 0 Å². The average molecular weight is 744 g/mol. The summed E-state index contributed by atoms with van der Waals surface area (Å²) in [5, 5.41) is 0. The minimum atomic E-state index is 1.17. The highest BCUT2D eigenvalue weighted by molar-refractivity contribution is 7.17. The van der Waals surface area contributed by atoms with E-state index in [1.807, 2.05) is 45.3 Å². The Morgan fingerprint density at radius 1 is 0.360 bits per heavy atom. The second-order valence-corrected chi connectivity index (χ2v) is 18.8. The lowest BCUT2D eigenvalue weighted by atomic mass is 10.0. The summed E-state index contributed by atoms with van der Waals surface area (Å²) in [7, 11) is 0. The van der Waals surface area contributed by atoms with E-state index in [2.05, 4.69) is 82.3 Å². The summed E-state index contributed by atoms with van der Waals surface area (Å²) < 4.78 is 0. The van der Waals surface area contributed by atoms with Crippen molar-refractivity contribution in [3.05, 3.63) is 74.1 Å². The molecule has 270 valence electrons. The van der Waals surface area contributed by atoms with E-state index in [0.29, 0.717) is 0 Å². The van der Waals surface area contributed by atoms with Crippen molar-refractivity contribution in [1.82, 2.24) is 4.98 Å². The Kier molecular flexibility index (Phi) is 16.8. The molecule has 0 aliphatic heterocycles. The number of nitrogens with zero attached hydrogens (tertiary/aromatic N) is 1. The van der Waals surface area contributed by atoms with Crippen LogP contribution in [0.5, 0.6) is 0 Å². The Morgan fingerprint density at radius 3 is 0.980 bits per heavy atom. The van der Waals surface area contributed by atoms with Gasteiger partial charge >= 0.3 is 0 Å². The van der Waals surface area contributed by atoms with E-state index in [1.54, 1.807) is 0 Å². The maximum Gasteiger partial charge on any atom is 0.0896 e. The predicted octanol–water partition coefficient (Wildman–Crippen LogP) is 16.5. The zero-order valence-corrected chi connectivity index (χ0v) is 34.7. The third-order valence-electron chi connectivity index (χ3n) is 9.77. The van der Waals surface area contributed by atoms with Gasteiger partial charge in [-0.25, -0.2) is 4.98 Å². The largest absolute Gasteiger partial charge is 0.245 e. The Labute approximate surface area is 320 Å². The normalized spacial score (nSPS) is 11.6. The van der Waals surface area contributed by atoms with Crippen molar-refractivity contribution < 1.29 is 0 Å². The van der Waals surface area contributed by atoms with Crippen LogP contribution in [0.3, 0.4) is 0 Å². The van der Waals surface area contributed by atoms with Gasteiger partial charge in [0.15, 0.2) is 0 Å². The van der Waals surface area contributed by atoms with Crippen LogP contribution in [-0.4, -0.2) is 4.98 Å². The van der Waals surface area contributed by atoms with Crippen LogP contribution in [0.15, 0.2) is 54.6 Å². The van der Waals surface area contributed by atoms with Crippen LogP contribution in [0.25, 0.3) is 42.0 Å². The number of hydrogen-bond donors (Lipinski definition) is 0. The van der Waals surface area contributed by atoms with Crippen molar-refractivity contribution in [2.75, 3.05) is 0 Å². The minimum Gasteiger partial charge on any atom is -0.245 e. The first-order chi connectivity index (χ1) is 24.6. The van der Waals surface area contributed by atoms with Gasteiger partial charge in [0.25, 0.3) is 0 Å². The van der Waals surface area contributed by atoms with Crippen molar-refractivity contribution in [1.29, 1.82) is 0 Å². The van der Waals surface area contributed by atoms with Crippen LogP contribution in [-0.2, 0) is 25.7 Å². The Balaban J connectivity index is 1.56. The summed E-state index contributed by atoms with van der Waals surface area (Å²) in [6, 6.07) is 21.6. The average Bonchev–Trinajstić information content (AvgIpc) is 3.97. The molecule has 0 saturated carbocycles. The fourth-order valence-corrected chi connectivity index (χ4v) is 11.0. The first kappa shape index (κ1) is 39.2. The maximum atomic E-state index is 5.74. The van der Waals surface area contributed by atoms with E-state index in [-0.39, 0.29) is 0 Å². The fraction of sp³-hybridized carbons (Fsp3) is 0.533. The Bertz CT molecular complexity index is 1440. The molecule has 0 atom stereocenters. The molecule has 5 heteroatoms. The number of aryl methyl sites for hydroxylation is 4. The van der Waals surface area contributed by atoms with Gasteiger partial charge in [-0.2, -0.15) is 0 Å². The number of thiophene rings is 4. The van der Waals surface area contributed by atoms with Crippen molar-refractivity contribution in [3.8, 4) is 42.0 Å². The van der Waals surface area contributed by atoms with Crippen molar-refractivity contribution in [2.24, 2.45) is 0 Å². The van der Waals surface area contributed by atoms with Gasteiger partial charge < -0.3 is 0 Å². The van der Waals surface area contributed by atoms with E-state index in [4.69, 9.17) is 4.98 Å². The van der Waals surface area contributed by atoms with Crippen LogP contribution in [0.4, 0.5) is 0 Å². The molecule has 0 unspecified atom stereocenters. The van der Waals surface area contributed by atoms with Gasteiger partial charge in [-0.1, -0.05) is 105 Å². The molecular weight excluding hydrogens is 683 g/mol. The van der Waals surface area contributed by atoms with E-state index in [9.17, 15) is 0 Å². The summed E-state index contributed by atoms with van der Waals surface area (Å²) in [6.07, 6.45) is 25.6. The van der Waals surface area contributed by atoms with Crippen LogP contribution >= 0.6 is 45.3 Å². The molecule has 0 N–H and O–H groups in total. The minimum absolute atomic E-state index is 1.17. The zero-order chi connectivity index (χ0) is 35.0. The first-order valence-corrected chi connectivity index (χ1v) is 23.3. The summed E-state index contributed by atoms with van der Waals surface area (Å²) >= 11 is 7.93. The number of aromatic nitrogens is 1. The third kappa shape index (κ3) is 11.5. The topological polar surface area (TPSA) is 12.9 Å². The lowest BCUT2D eigenvalue weighted by molar-refractivity contribution is 0.670. The molecule has 0 radical (unpaired) electrons. The summed E-state index contributed by atoms with van der Waals surface area (Å²) in [4.78, 5) is 17.1. The molecule has 0 bridgehead atoms. The number of hydrogen-bond acceptors (Lipinski definition) is 5. The summed E-state index contributed by atoms with van der Waals surface area (Å²) in [6.45, 7) is 9.20. The molecule has 1 nitrogen and oxygen atoms in total. The van der Waals surface area contributed by atoms with E-state index < -0.39 is 0 Å². The molecule has 0 aliphatic rings. The number of pyridine rings is 1. The molecule has 0 aliphatic carbocycles. The van der Waals surface area contributed by atoms with Gasteiger partial charge in [-0.05, 0) is 106 Å². The zero-order valence-electron chi connectivity index (χ0n) is 31.4. The number of unbranched alkanes of at least 4 members (excludes halogenated alkanes) is 12. The third-order valence-corrected chi connectivity index (χ3v) is 14.4. The molecule has 0 spiro atoms. The first-order valence-electron chi connectivity index (χ1n) is 20.0. The lowest BCUT2D eigenvalue weighted by Crippen LogP contribution is -1.93. The molecule has 0 fully saturated rings. The summed E-state index contributed by atoms with van der Waals surface area (Å²) in [5.41, 5.74) is 4.95. The van der Waals surface area contributed by atoms with Crippen molar-refractivity contribution >= 4 is 45.3 Å². The second-order valence-electron chi connectivity index (χ2n) is 14.1. The van der Waals surface area contributed by atoms with Gasteiger partial charge in [0.2, 0.25) is 0 Å². The van der Waals surface area contributed by atoms with Crippen LogP contribution in [0, 0.1) is 0 Å². The molecule has 0 saturated heterocycles. The highest BCUT2D eigenvalue weighted by atomic mass is 32.1. The monoisotopic (exact) mass is 743 g/mol. The van der Waals surface area contributed by atoms with Gasteiger partial charge in [0.05, 0.1) is 21.1 Å². The Hall–Kier alpha value is -2.05. The molecule has 5 aromatic rings.